The molecule has 3 N–H and O–H groups in total. The third kappa shape index (κ3) is 2.79. The number of thioether (sulfide) groups is 1. The minimum atomic E-state index is 0.549. The Kier molecular flexibility index (Phi) is 3.79. The van der Waals surface area contributed by atoms with Crippen LogP contribution in [-0.4, -0.2) is 34.6 Å². The minimum Gasteiger partial charge on any atom is -0.355 e. The first-order chi connectivity index (χ1) is 9.29. The van der Waals surface area contributed by atoms with Gasteiger partial charge in [0.2, 0.25) is 0 Å². The molecule has 3 rings (SSSR count). The van der Waals surface area contributed by atoms with Crippen LogP contribution in [-0.2, 0) is 0 Å². The van der Waals surface area contributed by atoms with Crippen LogP contribution >= 0.6 is 11.8 Å². The molecule has 6 heteroatoms. The largest absolute Gasteiger partial charge is 0.355 e. The van der Waals surface area contributed by atoms with Crippen LogP contribution in [0.1, 0.15) is 36.6 Å². The first-order valence-electron chi connectivity index (χ1n) is 6.97. The number of nitrogens with two attached hydrogens (primary N) is 1. The minimum absolute atomic E-state index is 0.549. The normalized spacial score (nSPS) is 20.2. The fraction of sp³-hybridized carbons (Fsp3) is 0.692. The number of aromatic nitrogens is 2. The van der Waals surface area contributed by atoms with Gasteiger partial charge < -0.3 is 10.3 Å². The maximum Gasteiger partial charge on any atom is 0.148 e. The summed E-state index contributed by atoms with van der Waals surface area (Å²) < 4.78 is 0. The van der Waals surface area contributed by atoms with E-state index >= 15 is 0 Å². The Morgan fingerprint density at radius 3 is 2.84 bits per heavy atom. The fourth-order valence-corrected chi connectivity index (χ4v) is 3.34. The molecule has 1 aliphatic heterocycles. The molecule has 1 saturated carbocycles. The SMILES string of the molecule is Cc1c(NN)nc(C2CC2)nc1N1CCCSCC1. The Morgan fingerprint density at radius 2 is 2.11 bits per heavy atom. The van der Waals surface area contributed by atoms with E-state index in [-0.39, 0.29) is 0 Å². The van der Waals surface area contributed by atoms with Crippen LogP contribution in [0.5, 0.6) is 0 Å². The van der Waals surface area contributed by atoms with Gasteiger partial charge in [-0.15, -0.1) is 0 Å². The van der Waals surface area contributed by atoms with Crippen LogP contribution in [0.25, 0.3) is 0 Å². The van der Waals surface area contributed by atoms with Crippen molar-refractivity contribution in [2.24, 2.45) is 5.84 Å². The van der Waals surface area contributed by atoms with E-state index in [2.05, 4.69) is 22.2 Å². The summed E-state index contributed by atoms with van der Waals surface area (Å²) in [5, 5.41) is 0. The summed E-state index contributed by atoms with van der Waals surface area (Å²) in [6.45, 7) is 4.20. The highest BCUT2D eigenvalue weighted by Gasteiger charge is 2.29. The molecular formula is C13H21N5S. The second-order valence-corrected chi connectivity index (χ2v) is 6.48. The van der Waals surface area contributed by atoms with Gasteiger partial charge in [0.1, 0.15) is 17.5 Å². The molecule has 104 valence electrons. The number of nitrogen functional groups attached to an aromatic ring is 1. The lowest BCUT2D eigenvalue weighted by Gasteiger charge is -2.24. The Labute approximate surface area is 118 Å². The molecular weight excluding hydrogens is 258 g/mol. The average molecular weight is 279 g/mol. The molecule has 2 heterocycles. The van der Waals surface area contributed by atoms with Crippen molar-refractivity contribution in [2.45, 2.75) is 32.1 Å². The predicted molar refractivity (Wildman–Crippen MR) is 80.7 cm³/mol. The van der Waals surface area contributed by atoms with Gasteiger partial charge in [0.25, 0.3) is 0 Å². The Hall–Kier alpha value is -1.01. The second-order valence-electron chi connectivity index (χ2n) is 5.25. The van der Waals surface area contributed by atoms with Gasteiger partial charge in [-0.05, 0) is 31.9 Å². The zero-order chi connectivity index (χ0) is 13.2. The molecule has 1 aliphatic carbocycles. The van der Waals surface area contributed by atoms with Crippen LogP contribution < -0.4 is 16.2 Å². The van der Waals surface area contributed by atoms with Crippen LogP contribution in [0, 0.1) is 6.92 Å². The highest BCUT2D eigenvalue weighted by molar-refractivity contribution is 7.99. The van der Waals surface area contributed by atoms with Crippen molar-refractivity contribution in [2.75, 3.05) is 34.9 Å². The van der Waals surface area contributed by atoms with Gasteiger partial charge in [-0.2, -0.15) is 11.8 Å². The molecule has 2 fully saturated rings. The van der Waals surface area contributed by atoms with Gasteiger partial charge in [0.05, 0.1) is 0 Å². The summed E-state index contributed by atoms with van der Waals surface area (Å²) in [4.78, 5) is 11.8. The Bertz CT molecular complexity index is 453. The smallest absolute Gasteiger partial charge is 0.148 e. The number of hydrazine groups is 1. The lowest BCUT2D eigenvalue weighted by molar-refractivity contribution is 0.781. The van der Waals surface area contributed by atoms with E-state index in [4.69, 9.17) is 10.8 Å². The molecule has 0 spiro atoms. The molecule has 19 heavy (non-hydrogen) atoms. The molecule has 0 amide bonds. The van der Waals surface area contributed by atoms with E-state index in [1.807, 2.05) is 11.8 Å². The zero-order valence-electron chi connectivity index (χ0n) is 11.4. The molecule has 1 aromatic heterocycles. The van der Waals surface area contributed by atoms with Crippen molar-refractivity contribution in [3.05, 3.63) is 11.4 Å². The van der Waals surface area contributed by atoms with Gasteiger partial charge in [0, 0.05) is 30.3 Å². The zero-order valence-corrected chi connectivity index (χ0v) is 12.2. The van der Waals surface area contributed by atoms with Gasteiger partial charge in [-0.25, -0.2) is 15.8 Å². The van der Waals surface area contributed by atoms with E-state index in [0.717, 1.165) is 36.1 Å². The molecule has 2 aliphatic rings. The van der Waals surface area contributed by atoms with Gasteiger partial charge >= 0.3 is 0 Å². The topological polar surface area (TPSA) is 67.1 Å². The molecule has 0 aromatic carbocycles. The third-order valence-electron chi connectivity index (χ3n) is 3.74. The van der Waals surface area contributed by atoms with Crippen molar-refractivity contribution < 1.29 is 0 Å². The maximum absolute atomic E-state index is 5.61. The summed E-state index contributed by atoms with van der Waals surface area (Å²) in [5.74, 6) is 11.4. The number of nitrogens with zero attached hydrogens (tertiary/aromatic N) is 3. The number of nitrogens with one attached hydrogen (secondary N) is 1. The van der Waals surface area contributed by atoms with Gasteiger partial charge in [0.15, 0.2) is 0 Å². The molecule has 5 nitrogen and oxygen atoms in total. The van der Waals surface area contributed by atoms with E-state index in [1.54, 1.807) is 0 Å². The maximum atomic E-state index is 5.61. The van der Waals surface area contributed by atoms with E-state index in [0.29, 0.717) is 5.92 Å². The summed E-state index contributed by atoms with van der Waals surface area (Å²) >= 11 is 2.03. The quantitative estimate of drug-likeness (QED) is 0.650. The van der Waals surface area contributed by atoms with Crippen LogP contribution in [0.3, 0.4) is 0 Å². The molecule has 1 saturated heterocycles. The van der Waals surface area contributed by atoms with Crippen molar-refractivity contribution >= 4 is 23.4 Å². The van der Waals surface area contributed by atoms with Crippen molar-refractivity contribution in [1.29, 1.82) is 0 Å². The predicted octanol–water partition coefficient (Wildman–Crippen LogP) is 1.89. The van der Waals surface area contributed by atoms with Crippen LogP contribution in [0.2, 0.25) is 0 Å². The van der Waals surface area contributed by atoms with E-state index in [9.17, 15) is 0 Å². The van der Waals surface area contributed by atoms with Crippen LogP contribution in [0.4, 0.5) is 11.6 Å². The van der Waals surface area contributed by atoms with E-state index in [1.165, 1.54) is 30.8 Å². The number of hydrogen-bond donors (Lipinski definition) is 2. The highest BCUT2D eigenvalue weighted by Crippen LogP contribution is 2.40. The number of hydrogen-bond acceptors (Lipinski definition) is 6. The standard InChI is InChI=1S/C13H21N5S/c1-9-11(17-14)15-12(10-3-4-10)16-13(9)18-5-2-7-19-8-6-18/h10H,2-8,14H2,1H3,(H,15,16,17). The first kappa shape index (κ1) is 13.0. The lowest BCUT2D eigenvalue weighted by atomic mass is 10.2. The third-order valence-corrected chi connectivity index (χ3v) is 4.79. The van der Waals surface area contributed by atoms with Crippen molar-refractivity contribution in [3.8, 4) is 0 Å². The van der Waals surface area contributed by atoms with Crippen molar-refractivity contribution in [3.63, 3.8) is 0 Å². The van der Waals surface area contributed by atoms with E-state index < -0.39 is 0 Å². The number of rotatable bonds is 3. The Balaban J connectivity index is 1.95. The fourth-order valence-electron chi connectivity index (χ4n) is 2.45. The van der Waals surface area contributed by atoms with Gasteiger partial charge in [-0.1, -0.05) is 0 Å². The summed E-state index contributed by atoms with van der Waals surface area (Å²) in [5.41, 5.74) is 3.80. The van der Waals surface area contributed by atoms with Crippen LogP contribution in [0.15, 0.2) is 0 Å². The molecule has 0 radical (unpaired) electrons. The second kappa shape index (κ2) is 5.54. The molecule has 0 unspecified atom stereocenters. The monoisotopic (exact) mass is 279 g/mol. The lowest BCUT2D eigenvalue weighted by Crippen LogP contribution is -2.28. The molecule has 0 atom stereocenters. The van der Waals surface area contributed by atoms with Gasteiger partial charge in [-0.3, -0.25) is 0 Å². The summed E-state index contributed by atoms with van der Waals surface area (Å²) in [6.07, 6.45) is 3.64. The Morgan fingerprint density at radius 1 is 1.26 bits per heavy atom. The summed E-state index contributed by atoms with van der Waals surface area (Å²) in [7, 11) is 0. The highest BCUT2D eigenvalue weighted by atomic mass is 32.2. The first-order valence-corrected chi connectivity index (χ1v) is 8.13. The summed E-state index contributed by atoms with van der Waals surface area (Å²) in [6, 6.07) is 0. The number of anilines is 2. The average Bonchev–Trinajstić information content (AvgIpc) is 3.26. The molecule has 1 aromatic rings. The molecule has 0 bridgehead atoms. The van der Waals surface area contributed by atoms with Crippen molar-refractivity contribution in [1.82, 2.24) is 9.97 Å².